The smallest absolute Gasteiger partial charge is 0.412 e. The van der Waals surface area contributed by atoms with Gasteiger partial charge in [0.1, 0.15) is 17.5 Å². The first-order chi connectivity index (χ1) is 8.73. The Morgan fingerprint density at radius 2 is 2.16 bits per heavy atom. The number of benzene rings is 1. The largest absolute Gasteiger partial charge is 0.508 e. The summed E-state index contributed by atoms with van der Waals surface area (Å²) in [6, 6.07) is 3.97. The zero-order valence-corrected chi connectivity index (χ0v) is 11.2. The van der Waals surface area contributed by atoms with Gasteiger partial charge in [-0.3, -0.25) is 5.32 Å². The summed E-state index contributed by atoms with van der Waals surface area (Å²) >= 11 is 0. The highest BCUT2D eigenvalue weighted by molar-refractivity contribution is 5.86. The molecule has 0 radical (unpaired) electrons. The summed E-state index contributed by atoms with van der Waals surface area (Å²) in [6.45, 7) is 4.93. The van der Waals surface area contributed by atoms with Crippen molar-refractivity contribution in [1.29, 1.82) is 0 Å². The van der Waals surface area contributed by atoms with Crippen LogP contribution in [-0.2, 0) is 4.74 Å². The molecular weight excluding hydrogens is 251 g/mol. The highest BCUT2D eigenvalue weighted by Gasteiger charge is 2.19. The number of aromatic hydroxyl groups is 1. The summed E-state index contributed by atoms with van der Waals surface area (Å²) in [5, 5.41) is 11.8. The third kappa shape index (κ3) is 4.75. The number of ether oxygens (including phenoxy) is 1. The van der Waals surface area contributed by atoms with E-state index in [0.717, 1.165) is 0 Å². The first kappa shape index (κ1) is 15.2. The van der Waals surface area contributed by atoms with Crippen LogP contribution in [0.2, 0.25) is 0 Å². The van der Waals surface area contributed by atoms with Crippen molar-refractivity contribution in [2.24, 2.45) is 5.73 Å². The van der Waals surface area contributed by atoms with Gasteiger partial charge in [0, 0.05) is 12.1 Å². The molecule has 0 bridgehead atoms. The lowest BCUT2D eigenvalue weighted by atomic mass is 10.1. The second kappa shape index (κ2) is 5.88. The normalized spacial score (nSPS) is 12.9. The lowest BCUT2D eigenvalue weighted by molar-refractivity contribution is 0.0635. The van der Waals surface area contributed by atoms with Crippen LogP contribution in [-0.4, -0.2) is 23.3 Å². The van der Waals surface area contributed by atoms with Crippen LogP contribution in [0.4, 0.5) is 14.9 Å². The first-order valence-corrected chi connectivity index (χ1v) is 5.90. The molecule has 0 heterocycles. The zero-order valence-electron chi connectivity index (χ0n) is 11.2. The number of nitrogens with two attached hydrogens (primary N) is 1. The van der Waals surface area contributed by atoms with Gasteiger partial charge in [0.05, 0.1) is 5.69 Å². The molecule has 4 N–H and O–H groups in total. The van der Waals surface area contributed by atoms with Gasteiger partial charge in [0.15, 0.2) is 0 Å². The fraction of sp³-hybridized carbons (Fsp3) is 0.462. The van der Waals surface area contributed by atoms with Crippen LogP contribution in [0, 0.1) is 0 Å². The number of nitrogens with one attached hydrogen (secondary N) is 1. The topological polar surface area (TPSA) is 84.6 Å². The van der Waals surface area contributed by atoms with Crippen molar-refractivity contribution in [3.63, 3.8) is 0 Å². The summed E-state index contributed by atoms with van der Waals surface area (Å²) in [7, 11) is 0. The van der Waals surface area contributed by atoms with Gasteiger partial charge in [-0.25, -0.2) is 9.18 Å². The maximum atomic E-state index is 13.7. The van der Waals surface area contributed by atoms with E-state index >= 15 is 0 Å². The van der Waals surface area contributed by atoms with Crippen molar-refractivity contribution >= 4 is 11.8 Å². The Kier molecular flexibility index (Phi) is 4.72. The highest BCUT2D eigenvalue weighted by Crippen LogP contribution is 2.29. The molecule has 0 aliphatic heterocycles. The average Bonchev–Trinajstić information content (AvgIpc) is 2.28. The second-order valence-corrected chi connectivity index (χ2v) is 5.10. The molecule has 0 saturated carbocycles. The molecule has 1 amide bonds. The Labute approximate surface area is 111 Å². The molecule has 0 spiro atoms. The quantitative estimate of drug-likeness (QED) is 0.737. The van der Waals surface area contributed by atoms with E-state index in [4.69, 9.17) is 10.5 Å². The molecule has 0 aliphatic rings. The molecule has 1 rings (SSSR count). The number of halogens is 1. The van der Waals surface area contributed by atoms with Crippen LogP contribution in [0.3, 0.4) is 0 Å². The van der Waals surface area contributed by atoms with Crippen LogP contribution in [0.1, 0.15) is 32.5 Å². The third-order valence-electron chi connectivity index (χ3n) is 2.22. The van der Waals surface area contributed by atoms with Gasteiger partial charge in [-0.05, 0) is 39.0 Å². The number of rotatable bonds is 3. The van der Waals surface area contributed by atoms with E-state index in [0.29, 0.717) is 0 Å². The van der Waals surface area contributed by atoms with Gasteiger partial charge in [0.2, 0.25) is 0 Å². The lowest BCUT2D eigenvalue weighted by Crippen LogP contribution is -2.27. The zero-order chi connectivity index (χ0) is 14.6. The first-order valence-electron chi connectivity index (χ1n) is 5.90. The molecule has 0 fully saturated rings. The Hall–Kier alpha value is -1.82. The Morgan fingerprint density at radius 3 is 2.68 bits per heavy atom. The molecule has 0 aliphatic carbocycles. The van der Waals surface area contributed by atoms with E-state index in [1.165, 1.54) is 18.2 Å². The van der Waals surface area contributed by atoms with Gasteiger partial charge in [0.25, 0.3) is 0 Å². The average molecular weight is 270 g/mol. The highest BCUT2D eigenvalue weighted by atomic mass is 19.1. The molecule has 1 aromatic carbocycles. The number of carbonyl (C=O) groups is 1. The number of alkyl halides is 1. The van der Waals surface area contributed by atoms with Crippen molar-refractivity contribution < 1.29 is 19.0 Å². The standard InChI is InChI=1S/C13H19FN2O3/c1-13(2,3)19-12(18)16-11-5-4-8(17)6-9(11)10(14)7-15/h4-6,10,17H,7,15H2,1-3H3,(H,16,18). The number of amides is 1. The van der Waals surface area contributed by atoms with Crippen LogP contribution in [0.25, 0.3) is 0 Å². The molecular formula is C13H19FN2O3. The van der Waals surface area contributed by atoms with Crippen LogP contribution in [0.5, 0.6) is 5.75 Å². The molecule has 19 heavy (non-hydrogen) atoms. The fourth-order valence-corrected chi connectivity index (χ4v) is 1.46. The summed E-state index contributed by atoms with van der Waals surface area (Å²) in [6.07, 6.45) is -2.17. The SMILES string of the molecule is CC(C)(C)OC(=O)Nc1ccc(O)cc1C(F)CN. The minimum atomic E-state index is -1.47. The van der Waals surface area contributed by atoms with E-state index in [2.05, 4.69) is 5.32 Å². The van der Waals surface area contributed by atoms with Crippen molar-refractivity contribution in [2.45, 2.75) is 32.5 Å². The lowest BCUT2D eigenvalue weighted by Gasteiger charge is -2.21. The maximum absolute atomic E-state index is 13.7. The minimum absolute atomic E-state index is 0.0964. The number of hydrogen-bond donors (Lipinski definition) is 3. The van der Waals surface area contributed by atoms with Crippen LogP contribution < -0.4 is 11.1 Å². The minimum Gasteiger partial charge on any atom is -0.508 e. The van der Waals surface area contributed by atoms with Gasteiger partial charge in [-0.1, -0.05) is 0 Å². The van der Waals surface area contributed by atoms with Crippen molar-refractivity contribution in [3.05, 3.63) is 23.8 Å². The monoisotopic (exact) mass is 270 g/mol. The third-order valence-corrected chi connectivity index (χ3v) is 2.22. The van der Waals surface area contributed by atoms with Gasteiger partial charge >= 0.3 is 6.09 Å². The Bertz CT molecular complexity index is 458. The molecule has 6 heteroatoms. The molecule has 0 aromatic heterocycles. The fourth-order valence-electron chi connectivity index (χ4n) is 1.46. The number of phenols is 1. The van der Waals surface area contributed by atoms with E-state index < -0.39 is 17.9 Å². The number of anilines is 1. The molecule has 1 unspecified atom stereocenters. The predicted octanol–water partition coefficient (Wildman–Crippen LogP) is 2.71. The second-order valence-electron chi connectivity index (χ2n) is 5.10. The summed E-state index contributed by atoms with van der Waals surface area (Å²) in [5.41, 5.74) is 4.95. The summed E-state index contributed by atoms with van der Waals surface area (Å²) < 4.78 is 18.7. The van der Waals surface area contributed by atoms with Gasteiger partial charge < -0.3 is 15.6 Å². The molecule has 106 valence electrons. The van der Waals surface area contributed by atoms with Crippen LogP contribution in [0.15, 0.2) is 18.2 Å². The maximum Gasteiger partial charge on any atom is 0.412 e. The molecule has 1 atom stereocenters. The number of hydrogen-bond acceptors (Lipinski definition) is 4. The van der Waals surface area contributed by atoms with E-state index in [1.54, 1.807) is 20.8 Å². The van der Waals surface area contributed by atoms with E-state index in [9.17, 15) is 14.3 Å². The molecule has 5 nitrogen and oxygen atoms in total. The molecule has 1 aromatic rings. The van der Waals surface area contributed by atoms with Gasteiger partial charge in [-0.15, -0.1) is 0 Å². The Morgan fingerprint density at radius 1 is 1.53 bits per heavy atom. The van der Waals surface area contributed by atoms with Crippen LogP contribution >= 0.6 is 0 Å². The van der Waals surface area contributed by atoms with E-state index in [1.807, 2.05) is 0 Å². The predicted molar refractivity (Wildman–Crippen MR) is 70.9 cm³/mol. The Balaban J connectivity index is 2.91. The van der Waals surface area contributed by atoms with Crippen molar-refractivity contribution in [2.75, 3.05) is 11.9 Å². The van der Waals surface area contributed by atoms with Gasteiger partial charge in [-0.2, -0.15) is 0 Å². The molecule has 0 saturated heterocycles. The van der Waals surface area contributed by atoms with Crippen molar-refractivity contribution in [1.82, 2.24) is 0 Å². The number of carbonyl (C=O) groups excluding carboxylic acids is 1. The van der Waals surface area contributed by atoms with Crippen molar-refractivity contribution in [3.8, 4) is 5.75 Å². The summed E-state index contributed by atoms with van der Waals surface area (Å²) in [4.78, 5) is 11.6. The van der Waals surface area contributed by atoms with E-state index in [-0.39, 0.29) is 23.5 Å². The number of phenolic OH excluding ortho intramolecular Hbond substituents is 1. The summed E-state index contributed by atoms with van der Waals surface area (Å²) in [5.74, 6) is -0.0964.